The van der Waals surface area contributed by atoms with Crippen molar-refractivity contribution in [3.63, 3.8) is 0 Å². The van der Waals surface area contributed by atoms with E-state index in [1.54, 1.807) is 7.05 Å². The molecule has 3 aromatic rings. The molecule has 20 heavy (non-hydrogen) atoms. The third-order valence-corrected chi connectivity index (χ3v) is 3.26. The summed E-state index contributed by atoms with van der Waals surface area (Å²) in [6.45, 7) is 1.95. The van der Waals surface area contributed by atoms with Crippen LogP contribution in [0.3, 0.4) is 0 Å². The fourth-order valence-corrected chi connectivity index (χ4v) is 2.22. The zero-order valence-electron chi connectivity index (χ0n) is 11.6. The molecule has 3 heteroatoms. The Bertz CT molecular complexity index is 700. The van der Waals surface area contributed by atoms with E-state index in [1.807, 2.05) is 25.1 Å². The second-order valence-electron chi connectivity index (χ2n) is 4.63. The van der Waals surface area contributed by atoms with Crippen LogP contribution in [-0.2, 0) is 0 Å². The number of oxazole rings is 1. The van der Waals surface area contributed by atoms with E-state index in [0.29, 0.717) is 6.01 Å². The van der Waals surface area contributed by atoms with Gasteiger partial charge in [0.25, 0.3) is 6.01 Å². The molecule has 3 rings (SSSR count). The molecule has 3 nitrogen and oxygen atoms in total. The fourth-order valence-electron chi connectivity index (χ4n) is 2.22. The maximum Gasteiger partial charge on any atom is 0.295 e. The highest BCUT2D eigenvalue weighted by Crippen LogP contribution is 2.28. The first-order chi connectivity index (χ1) is 9.78. The second kappa shape index (κ2) is 5.21. The molecule has 0 aliphatic rings. The summed E-state index contributed by atoms with van der Waals surface area (Å²) >= 11 is 0. The first kappa shape index (κ1) is 12.5. The average molecular weight is 264 g/mol. The van der Waals surface area contributed by atoms with Crippen molar-refractivity contribution >= 4 is 6.01 Å². The van der Waals surface area contributed by atoms with Crippen LogP contribution in [0, 0.1) is 6.92 Å². The lowest BCUT2D eigenvalue weighted by Crippen LogP contribution is -1.85. The first-order valence-electron chi connectivity index (χ1n) is 6.59. The number of hydrogen-bond donors (Lipinski definition) is 1. The van der Waals surface area contributed by atoms with Gasteiger partial charge in [-0.3, -0.25) is 0 Å². The minimum Gasteiger partial charge on any atom is -0.423 e. The molecule has 1 N–H and O–H groups in total. The van der Waals surface area contributed by atoms with E-state index in [-0.39, 0.29) is 0 Å². The Labute approximate surface area is 118 Å². The van der Waals surface area contributed by atoms with Crippen molar-refractivity contribution in [1.82, 2.24) is 4.98 Å². The SMILES string of the molecule is CNc1nc(C)c(-c2ccc(-c3ccccc3)cc2)o1. The molecule has 1 heterocycles. The lowest BCUT2D eigenvalue weighted by Gasteiger charge is -2.03. The van der Waals surface area contributed by atoms with Crippen molar-refractivity contribution in [2.75, 3.05) is 12.4 Å². The summed E-state index contributed by atoms with van der Waals surface area (Å²) in [6.07, 6.45) is 0. The minimum atomic E-state index is 0.546. The van der Waals surface area contributed by atoms with Crippen LogP contribution in [0.1, 0.15) is 5.69 Å². The van der Waals surface area contributed by atoms with Crippen molar-refractivity contribution in [2.45, 2.75) is 6.92 Å². The maximum atomic E-state index is 5.67. The molecule has 0 spiro atoms. The van der Waals surface area contributed by atoms with Gasteiger partial charge in [-0.15, -0.1) is 0 Å². The van der Waals surface area contributed by atoms with Gasteiger partial charge in [-0.05, 0) is 18.1 Å². The van der Waals surface area contributed by atoms with E-state index in [0.717, 1.165) is 17.0 Å². The van der Waals surface area contributed by atoms with Crippen molar-refractivity contribution < 1.29 is 4.42 Å². The summed E-state index contributed by atoms with van der Waals surface area (Å²) in [6, 6.07) is 19.2. The Kier molecular flexibility index (Phi) is 3.25. The van der Waals surface area contributed by atoms with Crippen molar-refractivity contribution in [2.24, 2.45) is 0 Å². The molecular formula is C17H16N2O. The van der Waals surface area contributed by atoms with E-state index in [4.69, 9.17) is 4.42 Å². The number of nitrogens with one attached hydrogen (secondary N) is 1. The van der Waals surface area contributed by atoms with Crippen LogP contribution in [-0.4, -0.2) is 12.0 Å². The molecule has 0 fully saturated rings. The third-order valence-electron chi connectivity index (χ3n) is 3.26. The van der Waals surface area contributed by atoms with Crippen LogP contribution < -0.4 is 5.32 Å². The van der Waals surface area contributed by atoms with E-state index >= 15 is 0 Å². The molecule has 0 atom stereocenters. The van der Waals surface area contributed by atoms with Gasteiger partial charge in [-0.25, -0.2) is 0 Å². The topological polar surface area (TPSA) is 38.1 Å². The Morgan fingerprint density at radius 1 is 0.850 bits per heavy atom. The van der Waals surface area contributed by atoms with Crippen LogP contribution in [0.5, 0.6) is 0 Å². The number of rotatable bonds is 3. The Morgan fingerprint density at radius 3 is 2.05 bits per heavy atom. The lowest BCUT2D eigenvalue weighted by atomic mass is 10.0. The Morgan fingerprint density at radius 2 is 1.45 bits per heavy atom. The number of aromatic nitrogens is 1. The predicted molar refractivity (Wildman–Crippen MR) is 81.7 cm³/mol. The first-order valence-corrected chi connectivity index (χ1v) is 6.59. The molecule has 0 unspecified atom stereocenters. The van der Waals surface area contributed by atoms with Crippen LogP contribution in [0.15, 0.2) is 59.0 Å². The van der Waals surface area contributed by atoms with Gasteiger partial charge in [-0.1, -0.05) is 54.6 Å². The number of aryl methyl sites for hydroxylation is 1. The zero-order chi connectivity index (χ0) is 13.9. The summed E-state index contributed by atoms with van der Waals surface area (Å²) < 4.78 is 5.67. The van der Waals surface area contributed by atoms with Crippen LogP contribution in [0.4, 0.5) is 6.01 Å². The highest BCUT2D eigenvalue weighted by molar-refractivity contribution is 5.69. The summed E-state index contributed by atoms with van der Waals surface area (Å²) in [4.78, 5) is 4.31. The zero-order valence-corrected chi connectivity index (χ0v) is 11.6. The molecule has 0 aliphatic heterocycles. The van der Waals surface area contributed by atoms with Gasteiger partial charge in [0.15, 0.2) is 5.76 Å². The summed E-state index contributed by atoms with van der Waals surface area (Å²) in [5.74, 6) is 0.814. The van der Waals surface area contributed by atoms with Crippen LogP contribution >= 0.6 is 0 Å². The molecule has 1 aromatic heterocycles. The van der Waals surface area contributed by atoms with E-state index in [9.17, 15) is 0 Å². The number of anilines is 1. The number of hydrogen-bond acceptors (Lipinski definition) is 3. The van der Waals surface area contributed by atoms with Crippen molar-refractivity contribution in [3.8, 4) is 22.5 Å². The summed E-state index contributed by atoms with van der Waals surface area (Å²) in [7, 11) is 1.80. The molecule has 0 bridgehead atoms. The van der Waals surface area contributed by atoms with E-state index < -0.39 is 0 Å². The molecular weight excluding hydrogens is 248 g/mol. The molecule has 0 aliphatic carbocycles. The van der Waals surface area contributed by atoms with Gasteiger partial charge >= 0.3 is 0 Å². The largest absolute Gasteiger partial charge is 0.423 e. The fraction of sp³-hybridized carbons (Fsp3) is 0.118. The lowest BCUT2D eigenvalue weighted by molar-refractivity contribution is 0.589. The highest BCUT2D eigenvalue weighted by atomic mass is 16.4. The van der Waals surface area contributed by atoms with Gasteiger partial charge in [-0.2, -0.15) is 4.98 Å². The molecule has 2 aromatic carbocycles. The molecule has 100 valence electrons. The molecule has 0 radical (unpaired) electrons. The summed E-state index contributed by atoms with van der Waals surface area (Å²) in [5, 5.41) is 2.92. The van der Waals surface area contributed by atoms with Gasteiger partial charge < -0.3 is 9.73 Å². The Balaban J connectivity index is 1.95. The smallest absolute Gasteiger partial charge is 0.295 e. The Hall–Kier alpha value is -2.55. The maximum absolute atomic E-state index is 5.67. The van der Waals surface area contributed by atoms with Gasteiger partial charge in [0.2, 0.25) is 0 Å². The number of benzene rings is 2. The summed E-state index contributed by atoms with van der Waals surface area (Å²) in [5.41, 5.74) is 4.34. The predicted octanol–water partition coefficient (Wildman–Crippen LogP) is 4.36. The quantitative estimate of drug-likeness (QED) is 0.763. The van der Waals surface area contributed by atoms with Gasteiger partial charge in [0.1, 0.15) is 0 Å². The van der Waals surface area contributed by atoms with Crippen molar-refractivity contribution in [1.29, 1.82) is 0 Å². The molecule has 0 saturated carbocycles. The second-order valence-corrected chi connectivity index (χ2v) is 4.63. The minimum absolute atomic E-state index is 0.546. The van der Waals surface area contributed by atoms with Gasteiger partial charge in [0.05, 0.1) is 5.69 Å². The normalized spacial score (nSPS) is 10.5. The van der Waals surface area contributed by atoms with Gasteiger partial charge in [0, 0.05) is 12.6 Å². The van der Waals surface area contributed by atoms with Crippen LogP contribution in [0.25, 0.3) is 22.5 Å². The average Bonchev–Trinajstić information content (AvgIpc) is 2.89. The molecule has 0 amide bonds. The monoisotopic (exact) mass is 264 g/mol. The third kappa shape index (κ3) is 2.30. The number of nitrogens with zero attached hydrogens (tertiary/aromatic N) is 1. The van der Waals surface area contributed by atoms with Crippen molar-refractivity contribution in [3.05, 3.63) is 60.3 Å². The standard InChI is InChI=1S/C17H16N2O/c1-12-16(20-17(18-2)19-12)15-10-8-14(9-11-15)13-6-4-3-5-7-13/h3-11H,1-2H3,(H,18,19). The van der Waals surface area contributed by atoms with Crippen LogP contribution in [0.2, 0.25) is 0 Å². The van der Waals surface area contributed by atoms with E-state index in [1.165, 1.54) is 11.1 Å². The molecule has 0 saturated heterocycles. The highest BCUT2D eigenvalue weighted by Gasteiger charge is 2.10. The van der Waals surface area contributed by atoms with E-state index in [2.05, 4.69) is 46.7 Å².